The highest BCUT2D eigenvalue weighted by atomic mass is 16.8. The fourth-order valence-electron chi connectivity index (χ4n) is 1.64. The first-order valence-corrected chi connectivity index (χ1v) is 6.66. The summed E-state index contributed by atoms with van der Waals surface area (Å²) >= 11 is 0. The summed E-state index contributed by atoms with van der Waals surface area (Å²) in [7, 11) is 0. The van der Waals surface area contributed by atoms with Crippen molar-refractivity contribution in [3.05, 3.63) is 96.8 Å². The zero-order valence-corrected chi connectivity index (χ0v) is 12.2. The van der Waals surface area contributed by atoms with Crippen LogP contribution in [0, 0.1) is 0 Å². The maximum absolute atomic E-state index is 11.8. The van der Waals surface area contributed by atoms with E-state index in [1.807, 2.05) is 0 Å². The van der Waals surface area contributed by atoms with Crippen LogP contribution in [0.1, 0.15) is 20.7 Å². The van der Waals surface area contributed by atoms with E-state index in [0.717, 1.165) is 0 Å². The van der Waals surface area contributed by atoms with Crippen molar-refractivity contribution in [1.82, 2.24) is 0 Å². The molecule has 5 nitrogen and oxygen atoms in total. The molecule has 2 aromatic rings. The van der Waals surface area contributed by atoms with Gasteiger partial charge in [-0.15, -0.1) is 0 Å². The quantitative estimate of drug-likeness (QED) is 0.602. The van der Waals surface area contributed by atoms with E-state index in [4.69, 9.17) is 14.2 Å². The Hall–Kier alpha value is -3.34. The molecule has 0 atom stereocenters. The van der Waals surface area contributed by atoms with Crippen LogP contribution in [-0.4, -0.2) is 11.9 Å². The van der Waals surface area contributed by atoms with Crippen molar-refractivity contribution in [2.24, 2.45) is 0 Å². The number of hydrogen-bond acceptors (Lipinski definition) is 5. The number of benzene rings is 2. The third-order valence-electron chi connectivity index (χ3n) is 2.66. The summed E-state index contributed by atoms with van der Waals surface area (Å²) < 4.78 is 14.7. The van der Waals surface area contributed by atoms with Crippen molar-refractivity contribution >= 4 is 11.9 Å². The lowest BCUT2D eigenvalue weighted by Crippen LogP contribution is -2.10. The Morgan fingerprint density at radius 3 is 1.30 bits per heavy atom. The fraction of sp³-hybridized carbons (Fsp3) is 0. The largest absolute Gasteiger partial charge is 0.393 e. The second-order valence-corrected chi connectivity index (χ2v) is 4.36. The summed E-state index contributed by atoms with van der Waals surface area (Å²) in [6.07, 6.45) is 0. The molecule has 0 bridgehead atoms. The number of carbonyl (C=O) groups excluding carboxylic acids is 2. The normalized spacial score (nSPS) is 9.57. The second-order valence-electron chi connectivity index (χ2n) is 4.36. The van der Waals surface area contributed by atoms with Crippen LogP contribution in [0.4, 0.5) is 0 Å². The molecule has 0 radical (unpaired) electrons. The zero-order chi connectivity index (χ0) is 16.7. The van der Waals surface area contributed by atoms with Crippen molar-refractivity contribution in [3.8, 4) is 0 Å². The minimum atomic E-state index is -0.641. The van der Waals surface area contributed by atoms with Crippen LogP contribution in [0.5, 0.6) is 0 Å². The molecule has 0 fully saturated rings. The number of carbonyl (C=O) groups is 2. The molecule has 116 valence electrons. The van der Waals surface area contributed by atoms with Gasteiger partial charge in [0, 0.05) is 0 Å². The van der Waals surface area contributed by atoms with Crippen molar-refractivity contribution in [2.75, 3.05) is 0 Å². The van der Waals surface area contributed by atoms with Crippen molar-refractivity contribution < 1.29 is 23.8 Å². The minimum Gasteiger partial charge on any atom is -0.393 e. The van der Waals surface area contributed by atoms with Gasteiger partial charge in [0.25, 0.3) is 11.9 Å². The fourth-order valence-corrected chi connectivity index (χ4v) is 1.64. The van der Waals surface area contributed by atoms with Crippen LogP contribution in [-0.2, 0) is 14.2 Å². The summed E-state index contributed by atoms with van der Waals surface area (Å²) in [4.78, 5) is 23.6. The zero-order valence-electron chi connectivity index (χ0n) is 12.2. The molecule has 2 aromatic carbocycles. The molecule has 0 aromatic heterocycles. The standard InChI is InChI=1S/C18H14O5/c1-13(22-17(19)15-9-5-3-6-10-15)21-14(2)23-18(20)16-11-7-4-8-12-16/h3-12H,1-2H2. The van der Waals surface area contributed by atoms with Gasteiger partial charge in [-0.1, -0.05) is 36.4 Å². The number of esters is 2. The minimum absolute atomic E-state index is 0.337. The van der Waals surface area contributed by atoms with Crippen molar-refractivity contribution in [3.63, 3.8) is 0 Å². The van der Waals surface area contributed by atoms with Crippen LogP contribution in [0.15, 0.2) is 85.7 Å². The lowest BCUT2D eigenvalue weighted by Gasteiger charge is -2.10. The molecular formula is C18H14O5. The Labute approximate surface area is 133 Å². The summed E-state index contributed by atoms with van der Waals surface area (Å²) in [6, 6.07) is 16.7. The van der Waals surface area contributed by atoms with Gasteiger partial charge in [0.15, 0.2) is 0 Å². The first-order valence-electron chi connectivity index (χ1n) is 6.66. The smallest absolute Gasteiger partial charge is 0.345 e. The molecule has 0 unspecified atom stereocenters. The molecule has 0 aliphatic heterocycles. The molecular weight excluding hydrogens is 296 g/mol. The van der Waals surface area contributed by atoms with Gasteiger partial charge in [-0.25, -0.2) is 9.59 Å². The first-order chi connectivity index (χ1) is 11.1. The molecule has 0 saturated carbocycles. The van der Waals surface area contributed by atoms with Gasteiger partial charge in [0.1, 0.15) is 0 Å². The second kappa shape index (κ2) is 7.61. The monoisotopic (exact) mass is 310 g/mol. The van der Waals surface area contributed by atoms with Gasteiger partial charge in [-0.2, -0.15) is 0 Å². The molecule has 2 rings (SSSR count). The summed E-state index contributed by atoms with van der Waals surface area (Å²) in [5.41, 5.74) is 0.674. The van der Waals surface area contributed by atoms with E-state index in [-0.39, 0.29) is 11.9 Å². The topological polar surface area (TPSA) is 61.8 Å². The van der Waals surface area contributed by atoms with Crippen LogP contribution in [0.3, 0.4) is 0 Å². The SMILES string of the molecule is C=C(OC(=C)OC(=O)c1ccccc1)OC(=O)c1ccccc1. The maximum Gasteiger partial charge on any atom is 0.345 e. The lowest BCUT2D eigenvalue weighted by atomic mass is 10.2. The predicted molar refractivity (Wildman–Crippen MR) is 83.1 cm³/mol. The number of hydrogen-bond donors (Lipinski definition) is 0. The van der Waals surface area contributed by atoms with E-state index in [1.165, 1.54) is 0 Å². The number of rotatable bonds is 6. The average molecular weight is 310 g/mol. The Balaban J connectivity index is 1.84. The Kier molecular flexibility index (Phi) is 5.30. The van der Waals surface area contributed by atoms with Crippen molar-refractivity contribution in [2.45, 2.75) is 0 Å². The molecule has 5 heteroatoms. The van der Waals surface area contributed by atoms with Crippen LogP contribution in [0.2, 0.25) is 0 Å². The summed E-state index contributed by atoms with van der Waals surface area (Å²) in [5.74, 6) is -1.97. The highest BCUT2D eigenvalue weighted by Gasteiger charge is 2.13. The maximum atomic E-state index is 11.8. The van der Waals surface area contributed by atoms with Crippen molar-refractivity contribution in [1.29, 1.82) is 0 Å². The van der Waals surface area contributed by atoms with Crippen LogP contribution < -0.4 is 0 Å². The Morgan fingerprint density at radius 1 is 0.609 bits per heavy atom. The van der Waals surface area contributed by atoms with Crippen LogP contribution >= 0.6 is 0 Å². The third-order valence-corrected chi connectivity index (χ3v) is 2.66. The van der Waals surface area contributed by atoms with E-state index in [2.05, 4.69) is 13.2 Å². The molecule has 0 aliphatic carbocycles. The van der Waals surface area contributed by atoms with Crippen LogP contribution in [0.25, 0.3) is 0 Å². The molecule has 0 saturated heterocycles. The molecule has 0 aliphatic rings. The molecule has 23 heavy (non-hydrogen) atoms. The van der Waals surface area contributed by atoms with E-state index in [9.17, 15) is 9.59 Å². The molecule has 0 N–H and O–H groups in total. The number of ether oxygens (including phenoxy) is 3. The first kappa shape index (κ1) is 16.0. The molecule has 0 spiro atoms. The van der Waals surface area contributed by atoms with E-state index >= 15 is 0 Å². The highest BCUT2D eigenvalue weighted by Crippen LogP contribution is 2.12. The summed E-state index contributed by atoms with van der Waals surface area (Å²) in [5, 5.41) is 0. The molecule has 0 amide bonds. The third kappa shape index (κ3) is 4.86. The highest BCUT2D eigenvalue weighted by molar-refractivity contribution is 5.90. The summed E-state index contributed by atoms with van der Waals surface area (Å²) in [6.45, 7) is 6.85. The van der Waals surface area contributed by atoms with Gasteiger partial charge in [0.2, 0.25) is 0 Å². The van der Waals surface area contributed by atoms with E-state index in [1.54, 1.807) is 60.7 Å². The average Bonchev–Trinajstić information content (AvgIpc) is 2.56. The Bertz CT molecular complexity index is 656. The lowest BCUT2D eigenvalue weighted by molar-refractivity contribution is 0.00659. The van der Waals surface area contributed by atoms with Gasteiger partial charge in [-0.05, 0) is 37.4 Å². The molecule has 0 heterocycles. The van der Waals surface area contributed by atoms with Gasteiger partial charge in [-0.3, -0.25) is 0 Å². The van der Waals surface area contributed by atoms with E-state index in [0.29, 0.717) is 11.1 Å². The van der Waals surface area contributed by atoms with Gasteiger partial charge < -0.3 is 14.2 Å². The van der Waals surface area contributed by atoms with E-state index < -0.39 is 11.9 Å². The van der Waals surface area contributed by atoms with Gasteiger partial charge >= 0.3 is 11.9 Å². The van der Waals surface area contributed by atoms with Gasteiger partial charge in [0.05, 0.1) is 11.1 Å². The predicted octanol–water partition coefficient (Wildman–Crippen LogP) is 3.66. The Morgan fingerprint density at radius 2 is 0.957 bits per heavy atom.